The number of allylic oxidation sites excluding steroid dienone is 2. The van der Waals surface area contributed by atoms with Crippen LogP contribution in [0.4, 0.5) is 0 Å². The highest BCUT2D eigenvalue weighted by Gasteiger charge is 2.04. The summed E-state index contributed by atoms with van der Waals surface area (Å²) in [4.78, 5) is 0. The van der Waals surface area contributed by atoms with E-state index in [1.165, 1.54) is 16.1 Å². The highest BCUT2D eigenvalue weighted by molar-refractivity contribution is 8.23. The lowest BCUT2D eigenvalue weighted by molar-refractivity contribution is 1.13. The average Bonchev–Trinajstić information content (AvgIpc) is 2.77. The van der Waals surface area contributed by atoms with Crippen molar-refractivity contribution >= 4 is 40.5 Å². The van der Waals surface area contributed by atoms with E-state index in [2.05, 4.69) is 71.5 Å². The topological polar surface area (TPSA) is 4.93 Å². The number of rotatable bonds is 3. The van der Waals surface area contributed by atoms with Crippen molar-refractivity contribution in [2.45, 2.75) is 12.8 Å². The minimum absolute atomic E-state index is 0.929. The van der Waals surface area contributed by atoms with Gasteiger partial charge in [-0.2, -0.15) is 0 Å². The molecule has 106 valence electrons. The van der Waals surface area contributed by atoms with Crippen LogP contribution in [-0.2, 0) is 6.42 Å². The number of thiocarbonyl (C=S) groups is 1. The lowest BCUT2D eigenvalue weighted by atomic mass is 10.2. The van der Waals surface area contributed by atoms with Gasteiger partial charge in [-0.25, -0.2) is 0 Å². The first-order valence-electron chi connectivity index (χ1n) is 7.10. The predicted molar refractivity (Wildman–Crippen MR) is 97.0 cm³/mol. The van der Waals surface area contributed by atoms with Crippen LogP contribution in [0.3, 0.4) is 0 Å². The molecule has 1 aromatic carbocycles. The Hall–Kier alpha value is -1.58. The molecule has 0 saturated carbocycles. The molecule has 0 aliphatic heterocycles. The number of aryl methyl sites for hydroxylation is 1. The molecule has 0 atom stereocenters. The smallest absolute Gasteiger partial charge is 0.144 e. The maximum absolute atomic E-state index is 5.59. The molecule has 0 radical (unpaired) electrons. The van der Waals surface area contributed by atoms with E-state index in [1.54, 1.807) is 11.8 Å². The normalized spacial score (nSPS) is 13.0. The third-order valence-electron chi connectivity index (χ3n) is 3.47. The fraction of sp³-hybridized carbons (Fsp3) is 0.167. The third kappa shape index (κ3) is 3.55. The Morgan fingerprint density at radius 3 is 2.90 bits per heavy atom. The molecule has 3 heteroatoms. The number of hydrogen-bond acceptors (Lipinski definition) is 2. The van der Waals surface area contributed by atoms with Gasteiger partial charge in [-0.05, 0) is 29.7 Å². The van der Waals surface area contributed by atoms with Crippen LogP contribution in [0.1, 0.15) is 12.0 Å². The number of nitrogens with zero attached hydrogens (tertiary/aromatic N) is 1. The Morgan fingerprint density at radius 1 is 1.19 bits per heavy atom. The van der Waals surface area contributed by atoms with Gasteiger partial charge < -0.3 is 4.57 Å². The first kappa shape index (κ1) is 14.4. The molecule has 1 heterocycles. The van der Waals surface area contributed by atoms with Crippen molar-refractivity contribution in [2.75, 3.05) is 5.75 Å². The van der Waals surface area contributed by atoms with Crippen molar-refractivity contribution in [3.8, 4) is 0 Å². The minimum Gasteiger partial charge on any atom is -0.302 e. The molecular formula is C18H17NS2. The van der Waals surface area contributed by atoms with Crippen molar-refractivity contribution in [1.82, 2.24) is 4.57 Å². The average molecular weight is 311 g/mol. The van der Waals surface area contributed by atoms with Crippen molar-refractivity contribution in [3.05, 3.63) is 70.9 Å². The standard InChI is InChI=1S/C18H17NS2/c20-18(21-14-12-15-7-3-1-4-8-15)19-13-11-16-9-5-2-6-10-17(16)19/h1-5,7-11,13H,6,12,14H2. The first-order chi connectivity index (χ1) is 10.3. The lowest BCUT2D eigenvalue weighted by Gasteiger charge is -2.06. The molecule has 0 unspecified atom stereocenters. The molecule has 0 saturated heterocycles. The zero-order chi connectivity index (χ0) is 14.5. The van der Waals surface area contributed by atoms with E-state index in [0.29, 0.717) is 0 Å². The highest BCUT2D eigenvalue weighted by atomic mass is 32.2. The van der Waals surface area contributed by atoms with E-state index in [0.717, 1.165) is 22.9 Å². The van der Waals surface area contributed by atoms with Gasteiger partial charge in [-0.15, -0.1) is 0 Å². The second-order valence-electron chi connectivity index (χ2n) is 4.91. The van der Waals surface area contributed by atoms with Crippen molar-refractivity contribution < 1.29 is 0 Å². The second kappa shape index (κ2) is 6.92. The number of fused-ring (bicyclic) bond motifs is 1. The monoisotopic (exact) mass is 311 g/mol. The summed E-state index contributed by atoms with van der Waals surface area (Å²) in [6.07, 6.45) is 12.7. The molecule has 1 aromatic heterocycles. The van der Waals surface area contributed by atoms with Gasteiger partial charge in [0, 0.05) is 11.9 Å². The second-order valence-corrected chi connectivity index (χ2v) is 6.64. The predicted octanol–water partition coefficient (Wildman–Crippen LogP) is 3.12. The third-order valence-corrected chi connectivity index (χ3v) is 4.88. The van der Waals surface area contributed by atoms with Crippen LogP contribution in [0.2, 0.25) is 0 Å². The summed E-state index contributed by atoms with van der Waals surface area (Å²) < 4.78 is 3.06. The molecule has 21 heavy (non-hydrogen) atoms. The van der Waals surface area contributed by atoms with Gasteiger partial charge in [0.1, 0.15) is 4.32 Å². The minimum atomic E-state index is 0.929. The first-order valence-corrected chi connectivity index (χ1v) is 8.49. The van der Waals surface area contributed by atoms with Crippen LogP contribution in [-0.4, -0.2) is 14.6 Å². The summed E-state index contributed by atoms with van der Waals surface area (Å²) in [5, 5.41) is 2.46. The molecule has 3 rings (SSSR count). The van der Waals surface area contributed by atoms with E-state index >= 15 is 0 Å². The van der Waals surface area contributed by atoms with E-state index in [4.69, 9.17) is 12.2 Å². The maximum atomic E-state index is 5.59. The summed E-state index contributed by atoms with van der Waals surface area (Å²) >= 11 is 7.34. The van der Waals surface area contributed by atoms with Gasteiger partial charge in [-0.3, -0.25) is 0 Å². The maximum Gasteiger partial charge on any atom is 0.144 e. The van der Waals surface area contributed by atoms with E-state index < -0.39 is 0 Å². The number of thioether (sulfide) groups is 1. The Bertz CT molecular complexity index is 769. The van der Waals surface area contributed by atoms with Gasteiger partial charge in [0.15, 0.2) is 0 Å². The molecule has 0 amide bonds. The Labute approximate surface area is 134 Å². The van der Waals surface area contributed by atoms with Crippen LogP contribution in [0.25, 0.3) is 12.2 Å². The lowest BCUT2D eigenvalue weighted by Crippen LogP contribution is -2.30. The van der Waals surface area contributed by atoms with Crippen LogP contribution in [0, 0.1) is 0 Å². The van der Waals surface area contributed by atoms with Crippen LogP contribution >= 0.6 is 24.0 Å². The summed E-state index contributed by atoms with van der Waals surface area (Å²) in [5.41, 5.74) is 1.36. The fourth-order valence-electron chi connectivity index (χ4n) is 2.38. The zero-order valence-electron chi connectivity index (χ0n) is 11.7. The van der Waals surface area contributed by atoms with Gasteiger partial charge in [0.05, 0.1) is 5.35 Å². The molecule has 0 fully saturated rings. The molecular weight excluding hydrogens is 294 g/mol. The summed E-state index contributed by atoms with van der Waals surface area (Å²) in [6.45, 7) is 0. The zero-order valence-corrected chi connectivity index (χ0v) is 13.4. The largest absolute Gasteiger partial charge is 0.302 e. The molecule has 1 aliphatic carbocycles. The molecule has 1 nitrogen and oxygen atoms in total. The molecule has 2 aromatic rings. The van der Waals surface area contributed by atoms with Gasteiger partial charge in [-0.1, -0.05) is 78.6 Å². The highest BCUT2D eigenvalue weighted by Crippen LogP contribution is 2.10. The van der Waals surface area contributed by atoms with E-state index in [-0.39, 0.29) is 0 Å². The van der Waals surface area contributed by atoms with Crippen LogP contribution in [0.15, 0.2) is 54.7 Å². The summed E-state index contributed by atoms with van der Waals surface area (Å²) in [6, 6.07) is 12.7. The molecule has 1 aliphatic rings. The Morgan fingerprint density at radius 2 is 2.05 bits per heavy atom. The Kier molecular flexibility index (Phi) is 4.73. The molecule has 0 N–H and O–H groups in total. The van der Waals surface area contributed by atoms with Crippen LogP contribution < -0.4 is 10.6 Å². The van der Waals surface area contributed by atoms with Crippen molar-refractivity contribution in [2.24, 2.45) is 0 Å². The SMILES string of the molecule is S=C(SCCc1ccccc1)n1ccc2c1=CCC=CC=2. The van der Waals surface area contributed by atoms with E-state index in [9.17, 15) is 0 Å². The number of aromatic nitrogens is 1. The number of hydrogen-bond donors (Lipinski definition) is 0. The van der Waals surface area contributed by atoms with Crippen molar-refractivity contribution in [3.63, 3.8) is 0 Å². The summed E-state index contributed by atoms with van der Waals surface area (Å²) in [7, 11) is 0. The number of benzene rings is 1. The fourth-order valence-corrected chi connectivity index (χ4v) is 3.60. The Balaban J connectivity index is 1.67. The summed E-state index contributed by atoms with van der Waals surface area (Å²) in [5.74, 6) is 1.01. The molecule has 0 bridgehead atoms. The van der Waals surface area contributed by atoms with Gasteiger partial charge in [0.25, 0.3) is 0 Å². The van der Waals surface area contributed by atoms with Crippen LogP contribution in [0.5, 0.6) is 0 Å². The molecule has 0 spiro atoms. The quantitative estimate of drug-likeness (QED) is 0.803. The van der Waals surface area contributed by atoms with Gasteiger partial charge in [0.2, 0.25) is 0 Å². The van der Waals surface area contributed by atoms with E-state index in [1.807, 2.05) is 0 Å². The van der Waals surface area contributed by atoms with Crippen molar-refractivity contribution in [1.29, 1.82) is 0 Å². The van der Waals surface area contributed by atoms with Gasteiger partial charge >= 0.3 is 0 Å².